The lowest BCUT2D eigenvalue weighted by atomic mass is 10.1. The molecule has 5 heteroatoms. The molecule has 5 nitrogen and oxygen atoms in total. The molecule has 2 aromatic carbocycles. The molecule has 1 aromatic heterocycles. The second-order valence-corrected chi connectivity index (χ2v) is 6.60. The highest BCUT2D eigenvalue weighted by molar-refractivity contribution is 6.05. The molecular formula is C23H25N3O2. The zero-order chi connectivity index (χ0) is 19.8. The maximum Gasteiger partial charge on any atom is 0.255 e. The van der Waals surface area contributed by atoms with E-state index in [9.17, 15) is 4.79 Å². The fraction of sp³-hybridized carbons (Fsp3) is 0.217. The number of ether oxygens (including phenoxy) is 1. The number of methoxy groups -OCH3 is 1. The van der Waals surface area contributed by atoms with Crippen LogP contribution in [0.3, 0.4) is 0 Å². The van der Waals surface area contributed by atoms with Crippen LogP contribution >= 0.6 is 0 Å². The molecule has 28 heavy (non-hydrogen) atoms. The molecule has 3 rings (SSSR count). The van der Waals surface area contributed by atoms with Crippen LogP contribution in [0.2, 0.25) is 0 Å². The van der Waals surface area contributed by atoms with Crippen LogP contribution in [0.25, 0.3) is 0 Å². The highest BCUT2D eigenvalue weighted by Crippen LogP contribution is 2.25. The van der Waals surface area contributed by atoms with Crippen molar-refractivity contribution in [2.45, 2.75) is 19.8 Å². The van der Waals surface area contributed by atoms with Crippen LogP contribution in [-0.4, -0.2) is 24.5 Å². The molecule has 0 unspecified atom stereocenters. The fourth-order valence-corrected chi connectivity index (χ4v) is 2.94. The minimum Gasteiger partial charge on any atom is -0.495 e. The molecule has 0 aliphatic rings. The number of amides is 1. The fourth-order valence-electron chi connectivity index (χ4n) is 2.94. The second-order valence-electron chi connectivity index (χ2n) is 6.60. The van der Waals surface area contributed by atoms with Crippen LogP contribution in [-0.2, 0) is 6.42 Å². The van der Waals surface area contributed by atoms with Crippen molar-refractivity contribution in [3.05, 3.63) is 83.6 Å². The number of anilines is 2. The van der Waals surface area contributed by atoms with Crippen LogP contribution < -0.4 is 15.4 Å². The summed E-state index contributed by atoms with van der Waals surface area (Å²) >= 11 is 0. The Morgan fingerprint density at radius 3 is 2.68 bits per heavy atom. The molecule has 144 valence electrons. The largest absolute Gasteiger partial charge is 0.495 e. The average molecular weight is 375 g/mol. The standard InChI is InChI=1S/C23H25N3O2/c1-17-10-11-21(28-2)20(15-17)26-23(27)19-12-14-25-22(16-19)24-13-6-9-18-7-4-3-5-8-18/h3-5,7-8,10-12,14-16H,6,9,13H2,1-2H3,(H,24,25)(H,26,27). The van der Waals surface area contributed by atoms with Crippen molar-refractivity contribution in [1.29, 1.82) is 0 Å². The lowest BCUT2D eigenvalue weighted by Crippen LogP contribution is -2.14. The van der Waals surface area contributed by atoms with Gasteiger partial charge in [0.2, 0.25) is 0 Å². The summed E-state index contributed by atoms with van der Waals surface area (Å²) in [4.78, 5) is 16.9. The van der Waals surface area contributed by atoms with Gasteiger partial charge in [-0.2, -0.15) is 0 Å². The van der Waals surface area contributed by atoms with Gasteiger partial charge in [0.25, 0.3) is 5.91 Å². The van der Waals surface area contributed by atoms with Gasteiger partial charge in [0, 0.05) is 18.3 Å². The number of benzene rings is 2. The van der Waals surface area contributed by atoms with E-state index in [1.807, 2.05) is 31.2 Å². The summed E-state index contributed by atoms with van der Waals surface area (Å²) < 4.78 is 5.32. The number of carbonyl (C=O) groups excluding carboxylic acids is 1. The number of hydrogen-bond acceptors (Lipinski definition) is 4. The van der Waals surface area contributed by atoms with Gasteiger partial charge >= 0.3 is 0 Å². The summed E-state index contributed by atoms with van der Waals surface area (Å²) in [7, 11) is 1.59. The molecule has 3 aromatic rings. The molecule has 0 saturated heterocycles. The monoisotopic (exact) mass is 375 g/mol. The van der Waals surface area contributed by atoms with E-state index in [0.717, 1.165) is 24.9 Å². The smallest absolute Gasteiger partial charge is 0.255 e. The minimum atomic E-state index is -0.196. The molecule has 2 N–H and O–H groups in total. The Morgan fingerprint density at radius 2 is 1.89 bits per heavy atom. The summed E-state index contributed by atoms with van der Waals surface area (Å²) in [6.45, 7) is 2.76. The van der Waals surface area contributed by atoms with Gasteiger partial charge in [-0.3, -0.25) is 4.79 Å². The quantitative estimate of drug-likeness (QED) is 0.561. The molecule has 0 bridgehead atoms. The number of pyridine rings is 1. The third-order valence-corrected chi connectivity index (χ3v) is 4.42. The number of nitrogens with zero attached hydrogens (tertiary/aromatic N) is 1. The normalized spacial score (nSPS) is 10.4. The number of aromatic nitrogens is 1. The first kappa shape index (κ1) is 19.4. The maximum atomic E-state index is 12.6. The van der Waals surface area contributed by atoms with E-state index in [4.69, 9.17) is 4.74 Å². The first-order valence-corrected chi connectivity index (χ1v) is 9.35. The van der Waals surface area contributed by atoms with E-state index in [1.54, 1.807) is 25.4 Å². The molecule has 0 fully saturated rings. The second kappa shape index (κ2) is 9.55. The van der Waals surface area contributed by atoms with Crippen LogP contribution in [0.5, 0.6) is 5.75 Å². The van der Waals surface area contributed by atoms with E-state index in [-0.39, 0.29) is 5.91 Å². The summed E-state index contributed by atoms with van der Waals surface area (Å²) in [6.07, 6.45) is 3.63. The van der Waals surface area contributed by atoms with Crippen LogP contribution in [0, 0.1) is 6.92 Å². The topological polar surface area (TPSA) is 63.2 Å². The molecule has 1 amide bonds. The molecule has 0 aliphatic heterocycles. The summed E-state index contributed by atoms with van der Waals surface area (Å²) in [5, 5.41) is 6.20. The Hall–Kier alpha value is -3.34. The van der Waals surface area contributed by atoms with Crippen molar-refractivity contribution in [2.75, 3.05) is 24.3 Å². The van der Waals surface area contributed by atoms with Crippen molar-refractivity contribution >= 4 is 17.4 Å². The van der Waals surface area contributed by atoms with Crippen LogP contribution in [0.4, 0.5) is 11.5 Å². The predicted molar refractivity (Wildman–Crippen MR) is 113 cm³/mol. The van der Waals surface area contributed by atoms with E-state index < -0.39 is 0 Å². The minimum absolute atomic E-state index is 0.196. The average Bonchev–Trinajstić information content (AvgIpc) is 2.72. The van der Waals surface area contributed by atoms with Gasteiger partial charge in [-0.1, -0.05) is 36.4 Å². The zero-order valence-corrected chi connectivity index (χ0v) is 16.2. The van der Waals surface area contributed by atoms with Crippen molar-refractivity contribution < 1.29 is 9.53 Å². The highest BCUT2D eigenvalue weighted by Gasteiger charge is 2.11. The van der Waals surface area contributed by atoms with Gasteiger partial charge in [-0.05, 0) is 55.2 Å². The molecule has 0 radical (unpaired) electrons. The molecular weight excluding hydrogens is 350 g/mol. The maximum absolute atomic E-state index is 12.6. The highest BCUT2D eigenvalue weighted by atomic mass is 16.5. The first-order chi connectivity index (χ1) is 13.7. The number of aryl methyl sites for hydroxylation is 2. The van der Waals surface area contributed by atoms with Crippen molar-refractivity contribution in [3.8, 4) is 5.75 Å². The van der Waals surface area contributed by atoms with Gasteiger partial charge in [0.15, 0.2) is 0 Å². The van der Waals surface area contributed by atoms with Crippen LogP contribution in [0.1, 0.15) is 27.9 Å². The molecule has 1 heterocycles. The van der Waals surface area contributed by atoms with Crippen LogP contribution in [0.15, 0.2) is 66.9 Å². The number of rotatable bonds is 8. The number of hydrogen-bond donors (Lipinski definition) is 2. The summed E-state index contributed by atoms with van der Waals surface area (Å²) in [5.74, 6) is 1.13. The Kier molecular flexibility index (Phi) is 6.63. The lowest BCUT2D eigenvalue weighted by molar-refractivity contribution is 0.102. The Morgan fingerprint density at radius 1 is 1.07 bits per heavy atom. The molecule has 0 spiro atoms. The van der Waals surface area contributed by atoms with E-state index in [2.05, 4.69) is 39.9 Å². The Bertz CT molecular complexity index is 926. The number of carbonyl (C=O) groups is 1. The molecule has 0 saturated carbocycles. The molecule has 0 atom stereocenters. The summed E-state index contributed by atoms with van der Waals surface area (Å²) in [5.41, 5.74) is 3.56. The van der Waals surface area contributed by atoms with E-state index in [1.165, 1.54) is 5.56 Å². The number of nitrogens with one attached hydrogen (secondary N) is 2. The van der Waals surface area contributed by atoms with E-state index in [0.29, 0.717) is 22.8 Å². The first-order valence-electron chi connectivity index (χ1n) is 9.35. The molecule has 0 aliphatic carbocycles. The Balaban J connectivity index is 1.58. The SMILES string of the molecule is COc1ccc(C)cc1NC(=O)c1ccnc(NCCCc2ccccc2)c1. The zero-order valence-electron chi connectivity index (χ0n) is 16.2. The van der Waals surface area contributed by atoms with Crippen molar-refractivity contribution in [1.82, 2.24) is 4.98 Å². The van der Waals surface area contributed by atoms with Gasteiger partial charge in [-0.25, -0.2) is 4.98 Å². The lowest BCUT2D eigenvalue weighted by Gasteiger charge is -2.12. The van der Waals surface area contributed by atoms with Crippen molar-refractivity contribution in [3.63, 3.8) is 0 Å². The van der Waals surface area contributed by atoms with Crippen molar-refractivity contribution in [2.24, 2.45) is 0 Å². The third kappa shape index (κ3) is 5.33. The predicted octanol–water partition coefficient (Wildman–Crippen LogP) is 4.70. The van der Waals surface area contributed by atoms with E-state index >= 15 is 0 Å². The van der Waals surface area contributed by atoms with Gasteiger partial charge in [-0.15, -0.1) is 0 Å². The van der Waals surface area contributed by atoms with Gasteiger partial charge < -0.3 is 15.4 Å². The van der Waals surface area contributed by atoms with Gasteiger partial charge in [0.1, 0.15) is 11.6 Å². The Labute approximate surface area is 165 Å². The third-order valence-electron chi connectivity index (χ3n) is 4.42. The van der Waals surface area contributed by atoms with Gasteiger partial charge in [0.05, 0.1) is 12.8 Å². The summed E-state index contributed by atoms with van der Waals surface area (Å²) in [6, 6.07) is 19.5.